The van der Waals surface area contributed by atoms with Crippen LogP contribution in [0.1, 0.15) is 73.1 Å². The second-order valence-corrected chi connectivity index (χ2v) is 6.54. The van der Waals surface area contributed by atoms with Gasteiger partial charge in [-0.3, -0.25) is 0 Å². The molecular formula is C18H38N2. The molecule has 0 rings (SSSR count). The minimum Gasteiger partial charge on any atom is -0.374 e. The topological polar surface area (TPSA) is 29.3 Å². The van der Waals surface area contributed by atoms with Crippen LogP contribution < -0.4 is 5.73 Å². The van der Waals surface area contributed by atoms with E-state index in [9.17, 15) is 0 Å². The summed E-state index contributed by atoms with van der Waals surface area (Å²) in [6, 6.07) is 0.664. The minimum absolute atomic E-state index is 0.0723. The van der Waals surface area contributed by atoms with E-state index in [2.05, 4.69) is 53.1 Å². The van der Waals surface area contributed by atoms with Gasteiger partial charge < -0.3 is 10.6 Å². The van der Waals surface area contributed by atoms with Crippen molar-refractivity contribution in [2.75, 3.05) is 7.05 Å². The highest BCUT2D eigenvalue weighted by Gasteiger charge is 2.26. The average molecular weight is 283 g/mol. The molecular weight excluding hydrogens is 244 g/mol. The summed E-state index contributed by atoms with van der Waals surface area (Å²) in [6.45, 7) is 15.5. The van der Waals surface area contributed by atoms with Gasteiger partial charge in [0.1, 0.15) is 0 Å². The van der Waals surface area contributed by atoms with Crippen LogP contribution in [0.15, 0.2) is 12.3 Å². The Kier molecular flexibility index (Phi) is 10.0. The number of nitrogens with zero attached hydrogens (tertiary/aromatic N) is 1. The molecule has 0 spiro atoms. The van der Waals surface area contributed by atoms with Gasteiger partial charge >= 0.3 is 0 Å². The first-order valence-electron chi connectivity index (χ1n) is 8.57. The Balaban J connectivity index is 4.89. The summed E-state index contributed by atoms with van der Waals surface area (Å²) < 4.78 is 0. The SMILES string of the molecule is C=C(C(N)C(C)C)N(C)C(CCC)C(CC)CCCC. The lowest BCUT2D eigenvalue weighted by Crippen LogP contribution is -2.44. The van der Waals surface area contributed by atoms with Crippen molar-refractivity contribution in [3.8, 4) is 0 Å². The highest BCUT2D eigenvalue weighted by atomic mass is 15.2. The standard InChI is InChI=1S/C18H38N2/c1-8-11-13-16(10-3)17(12-9-2)20(7)15(6)18(19)14(4)5/h14,16-18H,6,8-13,19H2,1-5,7H3. The first kappa shape index (κ1) is 19.5. The van der Waals surface area contributed by atoms with E-state index < -0.39 is 0 Å². The molecule has 0 heterocycles. The molecule has 0 fully saturated rings. The van der Waals surface area contributed by atoms with Crippen molar-refractivity contribution >= 4 is 0 Å². The van der Waals surface area contributed by atoms with E-state index in [0.29, 0.717) is 12.0 Å². The average Bonchev–Trinajstić information content (AvgIpc) is 2.44. The molecule has 0 radical (unpaired) electrons. The fraction of sp³-hybridized carbons (Fsp3) is 0.889. The Morgan fingerprint density at radius 1 is 1.10 bits per heavy atom. The van der Waals surface area contributed by atoms with E-state index in [1.165, 1.54) is 38.5 Å². The maximum Gasteiger partial charge on any atom is 0.0463 e. The number of hydrogen-bond acceptors (Lipinski definition) is 2. The molecule has 120 valence electrons. The van der Waals surface area contributed by atoms with Crippen molar-refractivity contribution in [3.05, 3.63) is 12.3 Å². The third kappa shape index (κ3) is 5.87. The summed E-state index contributed by atoms with van der Waals surface area (Å²) in [7, 11) is 2.19. The lowest BCUT2D eigenvalue weighted by Gasteiger charge is -2.39. The molecule has 2 nitrogen and oxygen atoms in total. The molecule has 0 aromatic heterocycles. The minimum atomic E-state index is 0.0723. The van der Waals surface area contributed by atoms with Gasteiger partial charge in [0.25, 0.3) is 0 Å². The molecule has 0 aromatic carbocycles. The maximum atomic E-state index is 6.30. The van der Waals surface area contributed by atoms with Crippen LogP contribution in [0, 0.1) is 11.8 Å². The Hall–Kier alpha value is -0.500. The van der Waals surface area contributed by atoms with E-state index in [0.717, 1.165) is 11.6 Å². The van der Waals surface area contributed by atoms with Crippen molar-refractivity contribution in [2.45, 2.75) is 85.2 Å². The van der Waals surface area contributed by atoms with Gasteiger partial charge in [-0.05, 0) is 24.7 Å². The quantitative estimate of drug-likeness (QED) is 0.590. The fourth-order valence-corrected chi connectivity index (χ4v) is 3.01. The zero-order chi connectivity index (χ0) is 15.7. The first-order valence-corrected chi connectivity index (χ1v) is 8.57. The number of nitrogens with two attached hydrogens (primary N) is 1. The van der Waals surface area contributed by atoms with Crippen molar-refractivity contribution in [2.24, 2.45) is 17.6 Å². The summed E-state index contributed by atoms with van der Waals surface area (Å²) in [5.41, 5.74) is 7.40. The second-order valence-electron chi connectivity index (χ2n) is 6.54. The molecule has 0 aromatic rings. The van der Waals surface area contributed by atoms with E-state index in [1.807, 2.05) is 0 Å². The van der Waals surface area contributed by atoms with E-state index in [4.69, 9.17) is 5.73 Å². The normalized spacial score (nSPS) is 16.0. The summed E-state index contributed by atoms with van der Waals surface area (Å²) in [6.07, 6.45) is 7.65. The molecule has 2 N–H and O–H groups in total. The third-order valence-electron chi connectivity index (χ3n) is 4.63. The van der Waals surface area contributed by atoms with E-state index >= 15 is 0 Å². The van der Waals surface area contributed by atoms with Crippen LogP contribution in [0.4, 0.5) is 0 Å². The molecule has 0 bridgehead atoms. The predicted octanol–water partition coefficient (Wildman–Crippen LogP) is 4.80. The van der Waals surface area contributed by atoms with Gasteiger partial charge in [0.05, 0.1) is 0 Å². The molecule has 0 aliphatic carbocycles. The molecule has 3 unspecified atom stereocenters. The number of hydrogen-bond donors (Lipinski definition) is 1. The van der Waals surface area contributed by atoms with Crippen LogP contribution in [0.2, 0.25) is 0 Å². The molecule has 20 heavy (non-hydrogen) atoms. The van der Waals surface area contributed by atoms with Crippen LogP contribution in [0.25, 0.3) is 0 Å². The van der Waals surface area contributed by atoms with Gasteiger partial charge in [0.15, 0.2) is 0 Å². The zero-order valence-electron chi connectivity index (χ0n) is 14.8. The smallest absolute Gasteiger partial charge is 0.0463 e. The zero-order valence-corrected chi connectivity index (χ0v) is 14.8. The van der Waals surface area contributed by atoms with E-state index in [-0.39, 0.29) is 6.04 Å². The van der Waals surface area contributed by atoms with Crippen LogP contribution in [-0.4, -0.2) is 24.0 Å². The summed E-state index contributed by atoms with van der Waals surface area (Å²) in [4.78, 5) is 2.39. The maximum absolute atomic E-state index is 6.30. The highest BCUT2D eigenvalue weighted by molar-refractivity contribution is 5.06. The molecule has 3 atom stereocenters. The number of rotatable bonds is 11. The third-order valence-corrected chi connectivity index (χ3v) is 4.63. The Morgan fingerprint density at radius 2 is 1.70 bits per heavy atom. The van der Waals surface area contributed by atoms with Crippen molar-refractivity contribution in [1.82, 2.24) is 4.90 Å². The molecule has 0 saturated heterocycles. The summed E-state index contributed by atoms with van der Waals surface area (Å²) in [5, 5.41) is 0. The van der Waals surface area contributed by atoms with Gasteiger partial charge in [0, 0.05) is 24.8 Å². The van der Waals surface area contributed by atoms with Gasteiger partial charge in [-0.15, -0.1) is 0 Å². The molecule has 0 amide bonds. The van der Waals surface area contributed by atoms with Gasteiger partial charge in [0.2, 0.25) is 0 Å². The summed E-state index contributed by atoms with van der Waals surface area (Å²) >= 11 is 0. The first-order chi connectivity index (χ1) is 9.40. The molecule has 0 aliphatic rings. The number of likely N-dealkylation sites (N-methyl/N-ethyl adjacent to an activating group) is 1. The largest absolute Gasteiger partial charge is 0.374 e. The van der Waals surface area contributed by atoms with Crippen LogP contribution in [-0.2, 0) is 0 Å². The van der Waals surface area contributed by atoms with Crippen LogP contribution in [0.5, 0.6) is 0 Å². The molecule has 0 aliphatic heterocycles. The van der Waals surface area contributed by atoms with Crippen molar-refractivity contribution in [3.63, 3.8) is 0 Å². The van der Waals surface area contributed by atoms with E-state index in [1.54, 1.807) is 0 Å². The van der Waals surface area contributed by atoms with Crippen molar-refractivity contribution in [1.29, 1.82) is 0 Å². The highest BCUT2D eigenvalue weighted by Crippen LogP contribution is 2.27. The van der Waals surface area contributed by atoms with Crippen LogP contribution >= 0.6 is 0 Å². The lowest BCUT2D eigenvalue weighted by molar-refractivity contribution is 0.175. The lowest BCUT2D eigenvalue weighted by atomic mass is 9.87. The van der Waals surface area contributed by atoms with Gasteiger partial charge in [-0.25, -0.2) is 0 Å². The molecule has 2 heteroatoms. The monoisotopic (exact) mass is 282 g/mol. The Morgan fingerprint density at radius 3 is 2.10 bits per heavy atom. The molecule has 0 saturated carbocycles. The van der Waals surface area contributed by atoms with Crippen LogP contribution in [0.3, 0.4) is 0 Å². The second kappa shape index (κ2) is 10.3. The van der Waals surface area contributed by atoms with Gasteiger partial charge in [-0.1, -0.05) is 66.9 Å². The van der Waals surface area contributed by atoms with Crippen molar-refractivity contribution < 1.29 is 0 Å². The fourth-order valence-electron chi connectivity index (χ4n) is 3.01. The Labute approximate surface area is 127 Å². The van der Waals surface area contributed by atoms with Gasteiger partial charge in [-0.2, -0.15) is 0 Å². The number of unbranched alkanes of at least 4 members (excludes halogenated alkanes) is 1. The summed E-state index contributed by atoms with van der Waals surface area (Å²) in [5.74, 6) is 1.21. The Bertz CT molecular complexity index is 260. The predicted molar refractivity (Wildman–Crippen MR) is 91.7 cm³/mol.